The Morgan fingerprint density at radius 1 is 1.40 bits per heavy atom. The molecular weight excluding hydrogens is 356 g/mol. The topological polar surface area (TPSA) is 128 Å². The summed E-state index contributed by atoms with van der Waals surface area (Å²) in [6.45, 7) is 4.92. The molecule has 0 saturated heterocycles. The fraction of sp³-hybridized carbons (Fsp3) is 0.467. The molecule has 1 atom stereocenters. The van der Waals surface area contributed by atoms with Gasteiger partial charge < -0.3 is 19.9 Å². The average Bonchev–Trinajstić information content (AvgIpc) is 2.45. The number of nitro groups is 1. The second-order valence-corrected chi connectivity index (χ2v) is 6.52. The van der Waals surface area contributed by atoms with Crippen molar-refractivity contribution in [2.75, 3.05) is 7.11 Å². The lowest BCUT2D eigenvalue weighted by Crippen LogP contribution is -2.44. The van der Waals surface area contributed by atoms with E-state index in [-0.39, 0.29) is 28.4 Å². The number of methoxy groups -OCH3 is 1. The molecule has 0 fully saturated rings. The van der Waals surface area contributed by atoms with Gasteiger partial charge in [0.15, 0.2) is 5.75 Å². The van der Waals surface area contributed by atoms with Crippen LogP contribution in [0.1, 0.15) is 26.3 Å². The van der Waals surface area contributed by atoms with Gasteiger partial charge >= 0.3 is 17.7 Å². The third kappa shape index (κ3) is 6.11. The molecule has 10 heteroatoms. The fourth-order valence-electron chi connectivity index (χ4n) is 1.92. The molecule has 0 spiro atoms. The summed E-state index contributed by atoms with van der Waals surface area (Å²) < 4.78 is 9.95. The summed E-state index contributed by atoms with van der Waals surface area (Å²) >= 11 is 6.00. The summed E-state index contributed by atoms with van der Waals surface area (Å²) in [5, 5.41) is 22.5. The molecule has 0 radical (unpaired) electrons. The minimum absolute atomic E-state index is 0.00950. The standard InChI is InChI=1S/C15H19ClN2O7/c1-15(2,3)25-14(21)17-10(13(19)20)5-8-6-12(24-4)11(18(22)23)7-9(8)16/h6-7,10H,5H2,1-4H3,(H,17,21)(H,19,20). The number of rotatable bonds is 6. The molecule has 0 aliphatic heterocycles. The van der Waals surface area contributed by atoms with Crippen molar-refractivity contribution in [2.45, 2.75) is 38.8 Å². The first-order valence-electron chi connectivity index (χ1n) is 7.17. The van der Waals surface area contributed by atoms with E-state index < -0.39 is 28.6 Å². The van der Waals surface area contributed by atoms with E-state index in [0.717, 1.165) is 6.07 Å². The van der Waals surface area contributed by atoms with E-state index in [9.17, 15) is 24.8 Å². The molecule has 0 aliphatic carbocycles. The third-order valence-electron chi connectivity index (χ3n) is 2.96. The summed E-state index contributed by atoms with van der Waals surface area (Å²) in [4.78, 5) is 33.5. The Bertz CT molecular complexity index is 685. The Morgan fingerprint density at radius 3 is 2.44 bits per heavy atom. The van der Waals surface area contributed by atoms with Crippen LogP contribution >= 0.6 is 11.6 Å². The summed E-state index contributed by atoms with van der Waals surface area (Å²) in [7, 11) is 1.24. The monoisotopic (exact) mass is 374 g/mol. The van der Waals surface area contributed by atoms with Crippen LogP contribution in [0.3, 0.4) is 0 Å². The van der Waals surface area contributed by atoms with Gasteiger partial charge in [0.25, 0.3) is 0 Å². The van der Waals surface area contributed by atoms with Crippen LogP contribution in [0.25, 0.3) is 0 Å². The van der Waals surface area contributed by atoms with Gasteiger partial charge in [0.1, 0.15) is 11.6 Å². The van der Waals surface area contributed by atoms with Crippen molar-refractivity contribution < 1.29 is 29.1 Å². The van der Waals surface area contributed by atoms with Gasteiger partial charge in [-0.05, 0) is 32.4 Å². The zero-order chi connectivity index (χ0) is 19.4. The van der Waals surface area contributed by atoms with E-state index in [1.165, 1.54) is 13.2 Å². The largest absolute Gasteiger partial charge is 0.490 e. The number of carbonyl (C=O) groups excluding carboxylic acids is 1. The highest BCUT2D eigenvalue weighted by Crippen LogP contribution is 2.33. The van der Waals surface area contributed by atoms with Crippen LogP contribution in [0.15, 0.2) is 12.1 Å². The van der Waals surface area contributed by atoms with Crippen LogP contribution in [-0.2, 0) is 16.0 Å². The molecule has 1 unspecified atom stereocenters. The highest BCUT2D eigenvalue weighted by molar-refractivity contribution is 6.31. The SMILES string of the molecule is COc1cc(CC(NC(=O)OC(C)(C)C)C(=O)O)c(Cl)cc1[N+](=O)[O-]. The van der Waals surface area contributed by atoms with Crippen molar-refractivity contribution in [1.82, 2.24) is 5.32 Å². The minimum Gasteiger partial charge on any atom is -0.490 e. The van der Waals surface area contributed by atoms with Gasteiger partial charge in [-0.25, -0.2) is 9.59 Å². The number of hydrogen-bond donors (Lipinski definition) is 2. The summed E-state index contributed by atoms with van der Waals surface area (Å²) in [6.07, 6.45) is -1.10. The van der Waals surface area contributed by atoms with E-state index in [4.69, 9.17) is 21.1 Å². The van der Waals surface area contributed by atoms with Crippen LogP contribution in [0.2, 0.25) is 5.02 Å². The van der Waals surface area contributed by atoms with E-state index in [2.05, 4.69) is 5.32 Å². The maximum absolute atomic E-state index is 11.8. The number of carboxylic acid groups (broad SMARTS) is 1. The Hall–Kier alpha value is -2.55. The number of carbonyl (C=O) groups is 2. The van der Waals surface area contributed by atoms with Crippen molar-refractivity contribution in [3.05, 3.63) is 32.8 Å². The van der Waals surface area contributed by atoms with Gasteiger partial charge in [0.2, 0.25) is 0 Å². The van der Waals surface area contributed by atoms with Gasteiger partial charge in [-0.2, -0.15) is 0 Å². The highest BCUT2D eigenvalue weighted by Gasteiger charge is 2.26. The molecule has 1 aromatic rings. The molecule has 0 aliphatic rings. The van der Waals surface area contributed by atoms with Gasteiger partial charge in [-0.3, -0.25) is 10.1 Å². The maximum atomic E-state index is 11.8. The van der Waals surface area contributed by atoms with Crippen LogP contribution < -0.4 is 10.1 Å². The molecule has 25 heavy (non-hydrogen) atoms. The molecule has 2 N–H and O–H groups in total. The van der Waals surface area contributed by atoms with E-state index in [1.54, 1.807) is 20.8 Å². The smallest absolute Gasteiger partial charge is 0.408 e. The molecule has 0 heterocycles. The third-order valence-corrected chi connectivity index (χ3v) is 3.31. The van der Waals surface area contributed by atoms with Gasteiger partial charge in [0, 0.05) is 12.5 Å². The number of carboxylic acids is 1. The first-order valence-corrected chi connectivity index (χ1v) is 7.55. The molecule has 0 aromatic heterocycles. The van der Waals surface area contributed by atoms with Crippen LogP contribution in [0.5, 0.6) is 5.75 Å². The first-order chi connectivity index (χ1) is 11.4. The number of hydrogen-bond acceptors (Lipinski definition) is 6. The van der Waals surface area contributed by atoms with Crippen molar-refractivity contribution in [2.24, 2.45) is 0 Å². The van der Waals surface area contributed by atoms with Crippen molar-refractivity contribution >= 4 is 29.4 Å². The van der Waals surface area contributed by atoms with Gasteiger partial charge in [-0.1, -0.05) is 11.6 Å². The first kappa shape index (κ1) is 20.5. The molecule has 0 saturated carbocycles. The Morgan fingerprint density at radius 2 is 2.00 bits per heavy atom. The molecule has 0 bridgehead atoms. The lowest BCUT2D eigenvalue weighted by molar-refractivity contribution is -0.385. The van der Waals surface area contributed by atoms with Crippen molar-refractivity contribution in [3.63, 3.8) is 0 Å². The number of halogens is 1. The molecule has 1 amide bonds. The Balaban J connectivity index is 3.05. The highest BCUT2D eigenvalue weighted by atomic mass is 35.5. The fourth-order valence-corrected chi connectivity index (χ4v) is 2.15. The number of aliphatic carboxylic acids is 1. The predicted molar refractivity (Wildman–Crippen MR) is 89.2 cm³/mol. The van der Waals surface area contributed by atoms with E-state index in [1.807, 2.05) is 0 Å². The number of amides is 1. The minimum atomic E-state index is -1.33. The molecule has 1 rings (SSSR count). The maximum Gasteiger partial charge on any atom is 0.408 e. The molecule has 138 valence electrons. The van der Waals surface area contributed by atoms with E-state index >= 15 is 0 Å². The number of benzene rings is 1. The second kappa shape index (κ2) is 8.02. The van der Waals surface area contributed by atoms with E-state index in [0.29, 0.717) is 0 Å². The van der Waals surface area contributed by atoms with Crippen molar-refractivity contribution in [1.29, 1.82) is 0 Å². The van der Waals surface area contributed by atoms with Crippen LogP contribution in [-0.4, -0.2) is 40.8 Å². The quantitative estimate of drug-likeness (QED) is 0.578. The number of nitro benzene ring substituents is 1. The average molecular weight is 375 g/mol. The van der Waals surface area contributed by atoms with Crippen molar-refractivity contribution in [3.8, 4) is 5.75 Å². The lowest BCUT2D eigenvalue weighted by Gasteiger charge is -2.22. The zero-order valence-corrected chi connectivity index (χ0v) is 14.9. The summed E-state index contributed by atoms with van der Waals surface area (Å²) in [5.41, 5.74) is -0.864. The molecule has 9 nitrogen and oxygen atoms in total. The van der Waals surface area contributed by atoms with Gasteiger partial charge in [0.05, 0.1) is 17.1 Å². The Labute approximate surface area is 149 Å². The van der Waals surface area contributed by atoms with Gasteiger partial charge in [-0.15, -0.1) is 0 Å². The second-order valence-electron chi connectivity index (χ2n) is 6.11. The van der Waals surface area contributed by atoms with Crippen LogP contribution in [0, 0.1) is 10.1 Å². The predicted octanol–water partition coefficient (Wildman–Crippen LogP) is 2.78. The normalized spacial score (nSPS) is 12.2. The number of nitrogens with zero attached hydrogens (tertiary/aromatic N) is 1. The Kier molecular flexibility index (Phi) is 6.57. The van der Waals surface area contributed by atoms with Crippen LogP contribution in [0.4, 0.5) is 10.5 Å². The summed E-state index contributed by atoms with van der Waals surface area (Å²) in [6, 6.07) is 1.01. The molecular formula is C15H19ClN2O7. The molecule has 1 aromatic carbocycles. The number of ether oxygens (including phenoxy) is 2. The number of alkyl carbamates (subject to hydrolysis) is 1. The summed E-state index contributed by atoms with van der Waals surface area (Å²) in [5.74, 6) is -1.37. The zero-order valence-electron chi connectivity index (χ0n) is 14.2. The number of nitrogens with one attached hydrogen (secondary N) is 1. The lowest BCUT2D eigenvalue weighted by atomic mass is 10.0.